The smallest absolute Gasteiger partial charge is 0.258 e. The number of ether oxygens (including phenoxy) is 2. The molecule has 0 unspecified atom stereocenters. The van der Waals surface area contributed by atoms with Crippen molar-refractivity contribution in [3.05, 3.63) is 59.2 Å². The minimum atomic E-state index is -0.235. The summed E-state index contributed by atoms with van der Waals surface area (Å²) in [6.07, 6.45) is 0. The second kappa shape index (κ2) is 8.59. The number of nitrogens with zero attached hydrogens (tertiary/aromatic N) is 1. The molecule has 0 aliphatic rings. The fourth-order valence-electron chi connectivity index (χ4n) is 2.17. The zero-order valence-corrected chi connectivity index (χ0v) is 13.8. The molecular formula is C19H20N2O3. The van der Waals surface area contributed by atoms with Crippen LogP contribution in [0.15, 0.2) is 42.5 Å². The predicted molar refractivity (Wildman–Crippen MR) is 91.1 cm³/mol. The number of hydrogen-bond acceptors (Lipinski definition) is 4. The first-order valence-electron chi connectivity index (χ1n) is 7.68. The highest BCUT2D eigenvalue weighted by atomic mass is 16.5. The zero-order valence-electron chi connectivity index (χ0n) is 13.8. The number of rotatable bonds is 7. The van der Waals surface area contributed by atoms with Gasteiger partial charge in [0, 0.05) is 0 Å². The van der Waals surface area contributed by atoms with E-state index in [9.17, 15) is 4.79 Å². The lowest BCUT2D eigenvalue weighted by Gasteiger charge is -2.11. The van der Waals surface area contributed by atoms with Crippen LogP contribution in [0.2, 0.25) is 0 Å². The summed E-state index contributed by atoms with van der Waals surface area (Å²) in [5.41, 5.74) is 2.75. The summed E-state index contributed by atoms with van der Waals surface area (Å²) in [4.78, 5) is 11.7. The highest BCUT2D eigenvalue weighted by Crippen LogP contribution is 2.18. The summed E-state index contributed by atoms with van der Waals surface area (Å²) in [5, 5.41) is 11.5. The minimum absolute atomic E-state index is 0.0988. The number of nitrogens with one attached hydrogen (secondary N) is 1. The van der Waals surface area contributed by atoms with Gasteiger partial charge in [-0.1, -0.05) is 23.8 Å². The van der Waals surface area contributed by atoms with Gasteiger partial charge in [-0.3, -0.25) is 4.79 Å². The van der Waals surface area contributed by atoms with Crippen LogP contribution in [0.25, 0.3) is 0 Å². The largest absolute Gasteiger partial charge is 0.491 e. The Morgan fingerprint density at radius 1 is 1.17 bits per heavy atom. The molecule has 0 bridgehead atoms. The number of amides is 1. The van der Waals surface area contributed by atoms with E-state index < -0.39 is 0 Å². The summed E-state index contributed by atoms with van der Waals surface area (Å²) in [6, 6.07) is 14.7. The number of carbonyl (C=O) groups excluding carboxylic acids is 1. The third-order valence-electron chi connectivity index (χ3n) is 3.35. The van der Waals surface area contributed by atoms with Crippen LogP contribution in [0.4, 0.5) is 0 Å². The molecule has 24 heavy (non-hydrogen) atoms. The molecule has 2 aromatic carbocycles. The molecule has 0 spiro atoms. The molecule has 0 aromatic heterocycles. The summed E-state index contributed by atoms with van der Waals surface area (Å²) in [6.45, 7) is 4.71. The van der Waals surface area contributed by atoms with Gasteiger partial charge < -0.3 is 14.8 Å². The SMILES string of the molecule is Cc1ccc(OCCNC(=O)COc2cccc(C#N)c2)c(C)c1. The Labute approximate surface area is 141 Å². The fourth-order valence-corrected chi connectivity index (χ4v) is 2.17. The van der Waals surface area contributed by atoms with Crippen LogP contribution in [0.5, 0.6) is 11.5 Å². The molecule has 1 N–H and O–H groups in total. The molecule has 124 valence electrons. The van der Waals surface area contributed by atoms with Gasteiger partial charge in [-0.2, -0.15) is 5.26 Å². The van der Waals surface area contributed by atoms with E-state index in [1.165, 1.54) is 5.56 Å². The first-order chi connectivity index (χ1) is 11.6. The Balaban J connectivity index is 1.69. The highest BCUT2D eigenvalue weighted by Gasteiger charge is 2.04. The molecule has 0 saturated heterocycles. The van der Waals surface area contributed by atoms with Crippen LogP contribution < -0.4 is 14.8 Å². The number of carbonyl (C=O) groups is 1. The molecule has 2 rings (SSSR count). The first-order valence-corrected chi connectivity index (χ1v) is 7.68. The van der Waals surface area contributed by atoms with Gasteiger partial charge in [-0.25, -0.2) is 0 Å². The zero-order chi connectivity index (χ0) is 17.4. The average Bonchev–Trinajstić information content (AvgIpc) is 2.58. The molecular weight excluding hydrogens is 304 g/mol. The van der Waals surface area contributed by atoms with E-state index in [4.69, 9.17) is 14.7 Å². The molecule has 5 heteroatoms. The van der Waals surface area contributed by atoms with Crippen molar-refractivity contribution in [3.8, 4) is 17.6 Å². The molecule has 0 fully saturated rings. The Kier molecular flexibility index (Phi) is 6.21. The molecule has 0 atom stereocenters. The van der Waals surface area contributed by atoms with Crippen molar-refractivity contribution in [1.29, 1.82) is 5.26 Å². The van der Waals surface area contributed by atoms with Crippen molar-refractivity contribution in [2.24, 2.45) is 0 Å². The van der Waals surface area contributed by atoms with Crippen LogP contribution in [-0.4, -0.2) is 25.7 Å². The van der Waals surface area contributed by atoms with Crippen molar-refractivity contribution < 1.29 is 14.3 Å². The van der Waals surface area contributed by atoms with Crippen molar-refractivity contribution >= 4 is 5.91 Å². The van der Waals surface area contributed by atoms with Crippen LogP contribution in [0.1, 0.15) is 16.7 Å². The molecule has 0 heterocycles. The monoisotopic (exact) mass is 324 g/mol. The van der Waals surface area contributed by atoms with Gasteiger partial charge in [-0.15, -0.1) is 0 Å². The third kappa shape index (κ3) is 5.33. The summed E-state index contributed by atoms with van der Waals surface area (Å²) >= 11 is 0. The number of benzene rings is 2. The lowest BCUT2D eigenvalue weighted by atomic mass is 10.1. The van der Waals surface area contributed by atoms with E-state index in [1.807, 2.05) is 32.0 Å². The van der Waals surface area contributed by atoms with Gasteiger partial charge in [0.25, 0.3) is 5.91 Å². The molecule has 0 saturated carbocycles. The maximum atomic E-state index is 11.7. The van der Waals surface area contributed by atoms with E-state index in [0.29, 0.717) is 24.5 Å². The highest BCUT2D eigenvalue weighted by molar-refractivity contribution is 5.77. The van der Waals surface area contributed by atoms with Crippen LogP contribution in [-0.2, 0) is 4.79 Å². The van der Waals surface area contributed by atoms with Gasteiger partial charge in [-0.05, 0) is 43.7 Å². The van der Waals surface area contributed by atoms with E-state index >= 15 is 0 Å². The van der Waals surface area contributed by atoms with Crippen LogP contribution in [0.3, 0.4) is 0 Å². The van der Waals surface area contributed by atoms with Crippen LogP contribution >= 0.6 is 0 Å². The molecule has 0 radical (unpaired) electrons. The first kappa shape index (κ1) is 17.4. The van der Waals surface area contributed by atoms with Crippen molar-refractivity contribution in [3.63, 3.8) is 0 Å². The standard InChI is InChI=1S/C19H20N2O3/c1-14-6-7-18(15(2)10-14)23-9-8-21-19(22)13-24-17-5-3-4-16(11-17)12-20/h3-7,10-11H,8-9,13H2,1-2H3,(H,21,22). The Hall–Kier alpha value is -3.00. The molecule has 1 amide bonds. The van der Waals surface area contributed by atoms with Crippen molar-refractivity contribution in [2.45, 2.75) is 13.8 Å². The normalized spacial score (nSPS) is 9.88. The molecule has 5 nitrogen and oxygen atoms in total. The van der Waals surface area contributed by atoms with Crippen molar-refractivity contribution in [1.82, 2.24) is 5.32 Å². The van der Waals surface area contributed by atoms with E-state index in [2.05, 4.69) is 11.4 Å². The molecule has 0 aliphatic carbocycles. The number of nitriles is 1. The second-order valence-electron chi connectivity index (χ2n) is 5.40. The Bertz CT molecular complexity index is 751. The lowest BCUT2D eigenvalue weighted by molar-refractivity contribution is -0.123. The lowest BCUT2D eigenvalue weighted by Crippen LogP contribution is -2.32. The van der Waals surface area contributed by atoms with E-state index in [0.717, 1.165) is 11.3 Å². The quantitative estimate of drug-likeness (QED) is 0.795. The predicted octanol–water partition coefficient (Wildman–Crippen LogP) is 2.75. The van der Waals surface area contributed by atoms with E-state index in [-0.39, 0.29) is 12.5 Å². The second-order valence-corrected chi connectivity index (χ2v) is 5.40. The van der Waals surface area contributed by atoms with Crippen LogP contribution in [0, 0.1) is 25.2 Å². The van der Waals surface area contributed by atoms with E-state index in [1.54, 1.807) is 24.3 Å². The van der Waals surface area contributed by atoms with Gasteiger partial charge in [0.2, 0.25) is 0 Å². The Morgan fingerprint density at radius 2 is 2.00 bits per heavy atom. The maximum absolute atomic E-state index is 11.7. The number of hydrogen-bond donors (Lipinski definition) is 1. The average molecular weight is 324 g/mol. The molecule has 2 aromatic rings. The topological polar surface area (TPSA) is 71.3 Å². The number of aryl methyl sites for hydroxylation is 2. The summed E-state index contributed by atoms with van der Waals surface area (Å²) < 4.78 is 11.0. The molecule has 0 aliphatic heterocycles. The van der Waals surface area contributed by atoms with Crippen molar-refractivity contribution in [2.75, 3.05) is 19.8 Å². The Morgan fingerprint density at radius 3 is 2.75 bits per heavy atom. The van der Waals surface area contributed by atoms with Gasteiger partial charge in [0.05, 0.1) is 18.2 Å². The van der Waals surface area contributed by atoms with Gasteiger partial charge >= 0.3 is 0 Å². The third-order valence-corrected chi connectivity index (χ3v) is 3.35. The summed E-state index contributed by atoms with van der Waals surface area (Å²) in [7, 11) is 0. The fraction of sp³-hybridized carbons (Fsp3) is 0.263. The maximum Gasteiger partial charge on any atom is 0.258 e. The minimum Gasteiger partial charge on any atom is -0.491 e. The van der Waals surface area contributed by atoms with Gasteiger partial charge in [0.1, 0.15) is 18.1 Å². The summed E-state index contributed by atoms with van der Waals surface area (Å²) in [5.74, 6) is 1.08. The van der Waals surface area contributed by atoms with Gasteiger partial charge in [0.15, 0.2) is 6.61 Å².